The molecule has 0 aromatic heterocycles. The van der Waals surface area contributed by atoms with E-state index in [4.69, 9.17) is 20.4 Å². The SMILES string of the molecule is C=C(C)C(=O)O.C=C(C)C(=O)O.N.OCCO. The van der Waals surface area contributed by atoms with Crippen LogP contribution in [-0.4, -0.2) is 45.6 Å². The van der Waals surface area contributed by atoms with Crippen molar-refractivity contribution in [2.24, 2.45) is 0 Å². The molecule has 0 saturated carbocycles. The molecule has 0 bridgehead atoms. The number of aliphatic hydroxyl groups is 2. The Morgan fingerprint density at radius 3 is 1.00 bits per heavy atom. The van der Waals surface area contributed by atoms with E-state index in [-0.39, 0.29) is 30.5 Å². The van der Waals surface area contributed by atoms with Gasteiger partial charge in [-0.05, 0) is 13.8 Å². The number of aliphatic carboxylic acids is 2. The zero-order valence-electron chi connectivity index (χ0n) is 10.1. The summed E-state index contributed by atoms with van der Waals surface area (Å²) in [4.78, 5) is 19.2. The van der Waals surface area contributed by atoms with E-state index in [2.05, 4.69) is 13.2 Å². The summed E-state index contributed by atoms with van der Waals surface area (Å²) in [7, 11) is 0. The second kappa shape index (κ2) is 16.7. The molecular weight excluding hydrogens is 230 g/mol. The first kappa shape index (κ1) is 24.5. The fourth-order valence-corrected chi connectivity index (χ4v) is 0. The fraction of sp³-hybridized carbons (Fsp3) is 0.400. The van der Waals surface area contributed by atoms with Crippen molar-refractivity contribution in [3.05, 3.63) is 24.3 Å². The van der Waals surface area contributed by atoms with E-state index in [1.165, 1.54) is 13.8 Å². The summed E-state index contributed by atoms with van der Waals surface area (Å²) in [6.07, 6.45) is 0. The molecule has 7 nitrogen and oxygen atoms in total. The summed E-state index contributed by atoms with van der Waals surface area (Å²) >= 11 is 0. The Morgan fingerprint density at radius 1 is 0.882 bits per heavy atom. The van der Waals surface area contributed by atoms with Crippen molar-refractivity contribution in [1.82, 2.24) is 6.15 Å². The van der Waals surface area contributed by atoms with E-state index < -0.39 is 11.9 Å². The summed E-state index contributed by atoms with van der Waals surface area (Å²) in [6.45, 7) is 8.95. The highest BCUT2D eigenvalue weighted by Crippen LogP contribution is 1.81. The van der Waals surface area contributed by atoms with Gasteiger partial charge in [0.2, 0.25) is 0 Å². The van der Waals surface area contributed by atoms with Gasteiger partial charge in [-0.3, -0.25) is 0 Å². The van der Waals surface area contributed by atoms with Gasteiger partial charge in [0.05, 0.1) is 13.2 Å². The van der Waals surface area contributed by atoms with Gasteiger partial charge in [-0.1, -0.05) is 13.2 Å². The average Bonchev–Trinajstić information content (AvgIpc) is 2.18. The Hall–Kier alpha value is -1.70. The summed E-state index contributed by atoms with van der Waals surface area (Å²) in [6, 6.07) is 0. The minimum absolute atomic E-state index is 0. The molecule has 0 rings (SSSR count). The topological polar surface area (TPSA) is 150 Å². The van der Waals surface area contributed by atoms with Crippen LogP contribution in [0.4, 0.5) is 0 Å². The predicted molar refractivity (Wildman–Crippen MR) is 64.1 cm³/mol. The Morgan fingerprint density at radius 2 is 1.00 bits per heavy atom. The minimum Gasteiger partial charge on any atom is -0.478 e. The molecule has 0 radical (unpaired) electrons. The number of hydrogen-bond donors (Lipinski definition) is 5. The van der Waals surface area contributed by atoms with E-state index in [1.54, 1.807) is 0 Å². The second-order valence-electron chi connectivity index (χ2n) is 2.62. The lowest BCUT2D eigenvalue weighted by Gasteiger charge is -1.79. The van der Waals surface area contributed by atoms with Crippen molar-refractivity contribution < 1.29 is 30.0 Å². The van der Waals surface area contributed by atoms with E-state index in [1.807, 2.05) is 0 Å². The van der Waals surface area contributed by atoms with Crippen LogP contribution in [0.5, 0.6) is 0 Å². The maximum Gasteiger partial charge on any atom is 0.330 e. The van der Waals surface area contributed by atoms with Crippen molar-refractivity contribution in [1.29, 1.82) is 0 Å². The van der Waals surface area contributed by atoms with Crippen LogP contribution >= 0.6 is 0 Å². The average molecular weight is 251 g/mol. The van der Waals surface area contributed by atoms with Gasteiger partial charge in [-0.15, -0.1) is 0 Å². The number of carboxylic acids is 2. The normalized spacial score (nSPS) is 7.06. The molecule has 0 heterocycles. The van der Waals surface area contributed by atoms with Crippen LogP contribution in [0.1, 0.15) is 13.8 Å². The Bertz CT molecular complexity index is 199. The highest BCUT2D eigenvalue weighted by Gasteiger charge is 1.90. The molecule has 0 unspecified atom stereocenters. The molecule has 0 aromatic carbocycles. The highest BCUT2D eigenvalue weighted by molar-refractivity contribution is 5.85. The number of carbonyl (C=O) groups is 2. The van der Waals surface area contributed by atoms with Crippen LogP contribution < -0.4 is 6.15 Å². The monoisotopic (exact) mass is 251 g/mol. The Labute approximate surface area is 100 Å². The van der Waals surface area contributed by atoms with Crippen LogP contribution in [-0.2, 0) is 9.59 Å². The standard InChI is InChI=1S/2C4H6O2.C2H6O2.H3N/c2*1-3(2)4(5)6;3-1-2-4;/h2*1H2,2H3,(H,5,6);3-4H,1-2H2;1H3. The second-order valence-corrected chi connectivity index (χ2v) is 2.62. The van der Waals surface area contributed by atoms with Gasteiger partial charge in [0.25, 0.3) is 0 Å². The molecule has 0 spiro atoms. The van der Waals surface area contributed by atoms with Gasteiger partial charge in [0.15, 0.2) is 0 Å². The van der Waals surface area contributed by atoms with Gasteiger partial charge in [-0.25, -0.2) is 9.59 Å². The lowest BCUT2D eigenvalue weighted by molar-refractivity contribution is -0.133. The first-order chi connectivity index (χ1) is 7.20. The van der Waals surface area contributed by atoms with Crippen molar-refractivity contribution in [3.8, 4) is 0 Å². The van der Waals surface area contributed by atoms with Crippen LogP contribution in [0.15, 0.2) is 24.3 Å². The zero-order chi connectivity index (χ0) is 13.7. The number of hydrogen-bond acceptors (Lipinski definition) is 5. The fourth-order valence-electron chi connectivity index (χ4n) is 0. The van der Waals surface area contributed by atoms with Crippen molar-refractivity contribution in [2.45, 2.75) is 13.8 Å². The lowest BCUT2D eigenvalue weighted by atomic mass is 10.4. The minimum atomic E-state index is -0.935. The molecule has 102 valence electrons. The molecule has 0 aliphatic rings. The van der Waals surface area contributed by atoms with Crippen molar-refractivity contribution >= 4 is 11.9 Å². The smallest absolute Gasteiger partial charge is 0.330 e. The third-order valence-corrected chi connectivity index (χ3v) is 0.830. The molecule has 0 aliphatic heterocycles. The van der Waals surface area contributed by atoms with E-state index in [9.17, 15) is 9.59 Å². The summed E-state index contributed by atoms with van der Waals surface area (Å²) in [5.74, 6) is -1.87. The van der Waals surface area contributed by atoms with Crippen molar-refractivity contribution in [2.75, 3.05) is 13.2 Å². The number of aliphatic hydroxyl groups excluding tert-OH is 2. The van der Waals surface area contributed by atoms with Crippen molar-refractivity contribution in [3.63, 3.8) is 0 Å². The van der Waals surface area contributed by atoms with Crippen LogP contribution in [0, 0.1) is 0 Å². The molecule has 0 fully saturated rings. The highest BCUT2D eigenvalue weighted by atomic mass is 16.4. The summed E-state index contributed by atoms with van der Waals surface area (Å²) in [5, 5.41) is 31.0. The van der Waals surface area contributed by atoms with Gasteiger partial charge in [0, 0.05) is 11.1 Å². The largest absolute Gasteiger partial charge is 0.478 e. The summed E-state index contributed by atoms with van der Waals surface area (Å²) < 4.78 is 0. The van der Waals surface area contributed by atoms with E-state index >= 15 is 0 Å². The maximum absolute atomic E-state index is 9.60. The molecule has 0 atom stereocenters. The molecule has 0 saturated heterocycles. The van der Waals surface area contributed by atoms with Gasteiger partial charge in [0.1, 0.15) is 0 Å². The summed E-state index contributed by atoms with van der Waals surface area (Å²) in [5.41, 5.74) is 0.352. The lowest BCUT2D eigenvalue weighted by Crippen LogP contribution is -1.92. The Kier molecular flexibility index (Phi) is 24.1. The number of carboxylic acid groups (broad SMARTS) is 2. The molecule has 0 aliphatic carbocycles. The first-order valence-electron chi connectivity index (χ1n) is 4.20. The Balaban J connectivity index is -0.0000000741. The zero-order valence-corrected chi connectivity index (χ0v) is 10.1. The molecule has 7 N–H and O–H groups in total. The first-order valence-corrected chi connectivity index (χ1v) is 4.20. The molecule has 0 aromatic rings. The maximum atomic E-state index is 9.60. The molecule has 17 heavy (non-hydrogen) atoms. The van der Waals surface area contributed by atoms with Gasteiger partial charge in [-0.2, -0.15) is 0 Å². The van der Waals surface area contributed by atoms with E-state index in [0.29, 0.717) is 0 Å². The third-order valence-electron chi connectivity index (χ3n) is 0.830. The van der Waals surface area contributed by atoms with Gasteiger partial charge >= 0.3 is 11.9 Å². The quantitative estimate of drug-likeness (QED) is 0.456. The van der Waals surface area contributed by atoms with E-state index in [0.717, 1.165) is 0 Å². The van der Waals surface area contributed by atoms with Crippen LogP contribution in [0.25, 0.3) is 0 Å². The van der Waals surface area contributed by atoms with Crippen LogP contribution in [0.2, 0.25) is 0 Å². The molecule has 7 heteroatoms. The molecular formula is C10H21NO6. The number of rotatable bonds is 3. The van der Waals surface area contributed by atoms with Crippen LogP contribution in [0.3, 0.4) is 0 Å². The van der Waals surface area contributed by atoms with Gasteiger partial charge < -0.3 is 26.6 Å². The predicted octanol–water partition coefficient (Wildman–Crippen LogP) is 0.427. The third kappa shape index (κ3) is 40.6. The molecule has 0 amide bonds.